The maximum absolute atomic E-state index is 6.78. The van der Waals surface area contributed by atoms with E-state index in [4.69, 9.17) is 9.15 Å². The normalized spacial score (nSPS) is 14.3. The predicted molar refractivity (Wildman–Crippen MR) is 217 cm³/mol. The van der Waals surface area contributed by atoms with E-state index in [1.54, 1.807) is 0 Å². The van der Waals surface area contributed by atoms with Crippen LogP contribution in [0.5, 0.6) is 5.75 Å². The number of nitrogens with zero attached hydrogens (tertiary/aromatic N) is 1. The van der Waals surface area contributed by atoms with Gasteiger partial charge in [-0.2, -0.15) is 0 Å². The molecule has 0 saturated heterocycles. The van der Waals surface area contributed by atoms with Crippen molar-refractivity contribution in [3.05, 3.63) is 163 Å². The molecule has 0 aliphatic carbocycles. The lowest BCUT2D eigenvalue weighted by Gasteiger charge is -2.16. The molecule has 0 radical (unpaired) electrons. The van der Waals surface area contributed by atoms with Gasteiger partial charge in [-0.1, -0.05) is 97.1 Å². The van der Waals surface area contributed by atoms with Crippen molar-refractivity contribution >= 4 is 91.7 Å². The van der Waals surface area contributed by atoms with Gasteiger partial charge in [0.1, 0.15) is 16.9 Å². The number of aromatic nitrogens is 1. The summed E-state index contributed by atoms with van der Waals surface area (Å²) in [6.45, 7) is 0. The summed E-state index contributed by atoms with van der Waals surface area (Å²) in [6, 6.07) is 56.4. The minimum Gasteiger partial charge on any atom is -0.464 e. The predicted octanol–water partition coefficient (Wildman–Crippen LogP) is 13.4. The Labute approximate surface area is 301 Å². The molecule has 11 aromatic rings. The Morgan fingerprint density at radius 1 is 0.538 bits per heavy atom. The number of furan rings is 1. The molecular weight excluding hydrogens is 657 g/mol. The molecule has 0 saturated carbocycles. The molecule has 0 fully saturated rings. The van der Waals surface area contributed by atoms with Crippen molar-refractivity contribution in [3.8, 4) is 22.6 Å². The lowest BCUT2D eigenvalue weighted by atomic mass is 10.00. The lowest BCUT2D eigenvalue weighted by molar-refractivity contribution is 0.261. The SMILES string of the molecule is c1ccc2cc(-c3ccc4c(c3)oc3ccc5c(c34)NC(c3ccc(-n4c6ccccc6c6ccccc64)c4c3sc3ccccc34)O5)ccc2c1. The summed E-state index contributed by atoms with van der Waals surface area (Å²) in [7, 11) is 0. The van der Waals surface area contributed by atoms with E-state index in [0.29, 0.717) is 0 Å². The van der Waals surface area contributed by atoms with Crippen LogP contribution in [0.25, 0.3) is 91.5 Å². The van der Waals surface area contributed by atoms with Crippen molar-refractivity contribution in [1.82, 2.24) is 4.57 Å². The second kappa shape index (κ2) is 10.5. The van der Waals surface area contributed by atoms with Crippen molar-refractivity contribution in [2.45, 2.75) is 6.23 Å². The number of para-hydroxylation sites is 2. The number of anilines is 1. The van der Waals surface area contributed by atoms with Crippen molar-refractivity contribution in [3.63, 3.8) is 0 Å². The maximum Gasteiger partial charge on any atom is 0.198 e. The molecule has 1 aliphatic rings. The summed E-state index contributed by atoms with van der Waals surface area (Å²) in [5.74, 6) is 0.833. The molecule has 5 heteroatoms. The van der Waals surface area contributed by atoms with Crippen LogP contribution in [-0.2, 0) is 0 Å². The van der Waals surface area contributed by atoms with E-state index in [2.05, 4.69) is 155 Å². The van der Waals surface area contributed by atoms with E-state index in [0.717, 1.165) is 44.5 Å². The first-order valence-corrected chi connectivity index (χ1v) is 18.4. The van der Waals surface area contributed by atoms with Crippen molar-refractivity contribution < 1.29 is 9.15 Å². The van der Waals surface area contributed by atoms with E-state index in [1.807, 2.05) is 23.5 Å². The number of hydrogen-bond donors (Lipinski definition) is 1. The summed E-state index contributed by atoms with van der Waals surface area (Å²) < 4.78 is 18.2. The third-order valence-corrected chi connectivity index (χ3v) is 12.1. The average Bonchev–Trinajstić information content (AvgIpc) is 3.97. The van der Waals surface area contributed by atoms with Gasteiger partial charge in [-0.3, -0.25) is 0 Å². The van der Waals surface area contributed by atoms with Crippen molar-refractivity contribution in [2.24, 2.45) is 0 Å². The van der Waals surface area contributed by atoms with E-state index < -0.39 is 0 Å². The number of thiophene rings is 1. The molecule has 8 aromatic carbocycles. The largest absolute Gasteiger partial charge is 0.464 e. The van der Waals surface area contributed by atoms with Gasteiger partial charge in [0.15, 0.2) is 6.23 Å². The highest BCUT2D eigenvalue weighted by Gasteiger charge is 2.30. The average molecular weight is 685 g/mol. The first-order valence-electron chi connectivity index (χ1n) is 17.6. The summed E-state index contributed by atoms with van der Waals surface area (Å²) in [5.41, 5.74) is 9.68. The Balaban J connectivity index is 1.00. The zero-order valence-corrected chi connectivity index (χ0v) is 28.6. The van der Waals surface area contributed by atoms with Gasteiger partial charge in [-0.15, -0.1) is 11.3 Å². The fourth-order valence-corrected chi connectivity index (χ4v) is 9.73. The van der Waals surface area contributed by atoms with Gasteiger partial charge >= 0.3 is 0 Å². The van der Waals surface area contributed by atoms with Gasteiger partial charge in [-0.05, 0) is 82.6 Å². The minimum atomic E-state index is -0.356. The zero-order valence-electron chi connectivity index (χ0n) is 27.8. The molecule has 52 heavy (non-hydrogen) atoms. The van der Waals surface area contributed by atoms with E-state index in [-0.39, 0.29) is 6.23 Å². The third kappa shape index (κ3) is 3.91. The molecule has 244 valence electrons. The molecule has 4 heterocycles. The number of ether oxygens (including phenoxy) is 1. The Hall–Kier alpha value is -6.56. The van der Waals surface area contributed by atoms with Crippen LogP contribution in [0, 0.1) is 0 Å². The van der Waals surface area contributed by atoms with Crippen LogP contribution in [0.4, 0.5) is 5.69 Å². The highest BCUT2D eigenvalue weighted by molar-refractivity contribution is 7.26. The van der Waals surface area contributed by atoms with Crippen molar-refractivity contribution in [2.75, 3.05) is 5.32 Å². The number of benzene rings is 8. The molecular formula is C47H28N2O2S. The zero-order chi connectivity index (χ0) is 33.9. The molecule has 0 bridgehead atoms. The van der Waals surface area contributed by atoms with Crippen LogP contribution in [0.15, 0.2) is 162 Å². The molecule has 4 nitrogen and oxygen atoms in total. The molecule has 1 N–H and O–H groups in total. The summed E-state index contributed by atoms with van der Waals surface area (Å²) in [5, 5.41) is 13.4. The van der Waals surface area contributed by atoms with Gasteiger partial charge in [-0.25, -0.2) is 0 Å². The van der Waals surface area contributed by atoms with Gasteiger partial charge < -0.3 is 19.0 Å². The number of rotatable bonds is 3. The molecule has 1 unspecified atom stereocenters. The first kappa shape index (κ1) is 28.2. The Bertz CT molecular complexity index is 3220. The summed E-state index contributed by atoms with van der Waals surface area (Å²) in [6.07, 6.45) is -0.356. The monoisotopic (exact) mass is 684 g/mol. The fourth-order valence-electron chi connectivity index (χ4n) is 8.47. The molecule has 1 atom stereocenters. The Morgan fingerprint density at radius 2 is 1.25 bits per heavy atom. The van der Waals surface area contributed by atoms with E-state index in [9.17, 15) is 0 Å². The summed E-state index contributed by atoms with van der Waals surface area (Å²) >= 11 is 1.83. The topological polar surface area (TPSA) is 39.3 Å². The first-order chi connectivity index (χ1) is 25.8. The molecule has 3 aromatic heterocycles. The smallest absolute Gasteiger partial charge is 0.198 e. The van der Waals surface area contributed by atoms with Gasteiger partial charge in [0.2, 0.25) is 0 Å². The van der Waals surface area contributed by atoms with Crippen LogP contribution in [0.1, 0.15) is 11.8 Å². The second-order valence-electron chi connectivity index (χ2n) is 13.7. The van der Waals surface area contributed by atoms with Crippen molar-refractivity contribution in [1.29, 1.82) is 0 Å². The highest BCUT2D eigenvalue weighted by Crippen LogP contribution is 2.50. The highest BCUT2D eigenvalue weighted by atomic mass is 32.1. The van der Waals surface area contributed by atoms with Gasteiger partial charge in [0.25, 0.3) is 0 Å². The van der Waals surface area contributed by atoms with Crippen LogP contribution in [0.2, 0.25) is 0 Å². The summed E-state index contributed by atoms with van der Waals surface area (Å²) in [4.78, 5) is 0. The van der Waals surface area contributed by atoms with Gasteiger partial charge in [0, 0.05) is 41.9 Å². The number of nitrogens with one attached hydrogen (secondary N) is 1. The number of fused-ring (bicyclic) bond motifs is 12. The van der Waals surface area contributed by atoms with Crippen LogP contribution in [-0.4, -0.2) is 4.57 Å². The third-order valence-electron chi connectivity index (χ3n) is 10.8. The maximum atomic E-state index is 6.78. The Kier molecular flexibility index (Phi) is 5.68. The Morgan fingerprint density at radius 3 is 2.10 bits per heavy atom. The quantitative estimate of drug-likeness (QED) is 0.201. The number of hydrogen-bond acceptors (Lipinski definition) is 4. The van der Waals surface area contributed by atoms with Gasteiger partial charge in [0.05, 0.1) is 27.8 Å². The van der Waals surface area contributed by atoms with Crippen LogP contribution >= 0.6 is 11.3 Å². The standard InChI is InChI=1S/C47H28N2O2S/c1-2-10-28-25-29(18-17-27(28)9-1)30-19-20-33-41(26-30)50-39-23-24-40-45(44(33)39)48-47(51-40)35-21-22-38(43-34-13-5-8-16-42(34)52-46(35)43)49-36-14-6-3-11-31(36)32-12-4-7-15-37(32)49/h1-26,47-48H. The van der Waals surface area contributed by atoms with E-state index in [1.165, 1.54) is 64.0 Å². The van der Waals surface area contributed by atoms with Crippen LogP contribution < -0.4 is 10.1 Å². The van der Waals surface area contributed by atoms with Crippen LogP contribution in [0.3, 0.4) is 0 Å². The molecule has 1 aliphatic heterocycles. The van der Waals surface area contributed by atoms with E-state index >= 15 is 0 Å². The fraction of sp³-hybridized carbons (Fsp3) is 0.0213. The molecule has 0 amide bonds. The molecule has 12 rings (SSSR count). The lowest BCUT2D eigenvalue weighted by Crippen LogP contribution is -2.10. The molecule has 0 spiro atoms. The second-order valence-corrected chi connectivity index (χ2v) is 14.7. The minimum absolute atomic E-state index is 0.356.